The van der Waals surface area contributed by atoms with Gasteiger partial charge in [0.1, 0.15) is 0 Å². The van der Waals surface area contributed by atoms with Gasteiger partial charge in [0, 0.05) is 26.1 Å². The Bertz CT molecular complexity index is 247. The first kappa shape index (κ1) is 15.8. The molecule has 2 amide bonds. The van der Waals surface area contributed by atoms with E-state index in [2.05, 4.69) is 10.7 Å². The van der Waals surface area contributed by atoms with E-state index in [4.69, 9.17) is 11.5 Å². The van der Waals surface area contributed by atoms with Crippen molar-refractivity contribution in [3.63, 3.8) is 0 Å². The molecule has 0 aliphatic carbocycles. The van der Waals surface area contributed by atoms with Gasteiger partial charge < -0.3 is 16.8 Å². The fourth-order valence-corrected chi connectivity index (χ4v) is 1.32. The van der Waals surface area contributed by atoms with E-state index in [0.717, 1.165) is 0 Å². The van der Waals surface area contributed by atoms with Crippen molar-refractivity contribution in [2.75, 3.05) is 26.7 Å². The lowest BCUT2D eigenvalue weighted by molar-refractivity contribution is -0.128. The number of nitrogens with two attached hydrogens (primary N) is 2. The van der Waals surface area contributed by atoms with Crippen molar-refractivity contribution in [3.8, 4) is 0 Å². The highest BCUT2D eigenvalue weighted by molar-refractivity contribution is 5.79. The third-order valence-corrected chi connectivity index (χ3v) is 2.06. The van der Waals surface area contributed by atoms with Gasteiger partial charge >= 0.3 is 0 Å². The smallest absolute Gasteiger partial charge is 0.236 e. The fraction of sp³-hybridized carbons (Fsp3) is 0.800. The molecule has 0 radical (unpaired) electrons. The number of carbonyl (C=O) groups is 2. The molecule has 0 saturated carbocycles. The number of hydrazine groups is 1. The van der Waals surface area contributed by atoms with Crippen LogP contribution in [0.4, 0.5) is 0 Å². The fourth-order valence-electron chi connectivity index (χ4n) is 1.32. The van der Waals surface area contributed by atoms with E-state index < -0.39 is 0 Å². The summed E-state index contributed by atoms with van der Waals surface area (Å²) in [4.78, 5) is 22.7. The van der Waals surface area contributed by atoms with Gasteiger partial charge in [-0.25, -0.2) is 5.01 Å². The van der Waals surface area contributed by atoms with Gasteiger partial charge in [-0.05, 0) is 19.9 Å². The first-order chi connectivity index (χ1) is 7.99. The average Bonchev–Trinajstić information content (AvgIpc) is 2.16. The minimum Gasteiger partial charge on any atom is -0.355 e. The number of hydrogen-bond acceptors (Lipinski definition) is 5. The van der Waals surface area contributed by atoms with Gasteiger partial charge in [-0.15, -0.1) is 0 Å². The molecule has 0 aliphatic rings. The molecule has 1 atom stereocenters. The second-order valence-electron chi connectivity index (χ2n) is 3.89. The second kappa shape index (κ2) is 8.91. The van der Waals surface area contributed by atoms with Crippen molar-refractivity contribution in [2.24, 2.45) is 11.5 Å². The zero-order valence-corrected chi connectivity index (χ0v) is 10.5. The third kappa shape index (κ3) is 8.61. The van der Waals surface area contributed by atoms with E-state index in [-0.39, 0.29) is 30.8 Å². The van der Waals surface area contributed by atoms with Gasteiger partial charge in [-0.2, -0.15) is 0 Å². The van der Waals surface area contributed by atoms with Crippen LogP contribution >= 0.6 is 0 Å². The molecule has 0 aromatic heterocycles. The lowest BCUT2D eigenvalue weighted by Crippen LogP contribution is -2.46. The summed E-state index contributed by atoms with van der Waals surface area (Å²) >= 11 is 0. The van der Waals surface area contributed by atoms with E-state index >= 15 is 0 Å². The number of amides is 2. The third-order valence-electron chi connectivity index (χ3n) is 2.06. The maximum atomic E-state index is 11.5. The molecule has 0 rings (SSSR count). The molecule has 0 aromatic rings. The Morgan fingerprint density at radius 2 is 2.00 bits per heavy atom. The van der Waals surface area contributed by atoms with E-state index in [1.54, 1.807) is 7.05 Å². The van der Waals surface area contributed by atoms with Crippen LogP contribution in [0.1, 0.15) is 19.8 Å². The highest BCUT2D eigenvalue weighted by Gasteiger charge is 2.12. The number of nitrogens with one attached hydrogen (secondary N) is 2. The minimum absolute atomic E-state index is 0.117. The van der Waals surface area contributed by atoms with E-state index in [9.17, 15) is 9.59 Å². The van der Waals surface area contributed by atoms with Crippen LogP contribution in [-0.2, 0) is 9.59 Å². The van der Waals surface area contributed by atoms with Crippen LogP contribution in [0.2, 0.25) is 0 Å². The summed E-state index contributed by atoms with van der Waals surface area (Å²) in [6, 6.07) is -0.238. The van der Waals surface area contributed by atoms with E-state index in [0.29, 0.717) is 19.5 Å². The van der Waals surface area contributed by atoms with Gasteiger partial charge in [-0.1, -0.05) is 0 Å². The average molecular weight is 245 g/mol. The van der Waals surface area contributed by atoms with Crippen LogP contribution < -0.4 is 22.2 Å². The Hall–Kier alpha value is -1.18. The summed E-state index contributed by atoms with van der Waals surface area (Å²) in [6.45, 7) is 2.99. The molecule has 7 heteroatoms. The zero-order chi connectivity index (χ0) is 13.3. The van der Waals surface area contributed by atoms with Crippen molar-refractivity contribution in [1.82, 2.24) is 15.8 Å². The van der Waals surface area contributed by atoms with Gasteiger partial charge in [0.2, 0.25) is 11.8 Å². The van der Waals surface area contributed by atoms with Crippen LogP contribution in [0, 0.1) is 0 Å². The van der Waals surface area contributed by atoms with Crippen LogP contribution in [-0.4, -0.2) is 49.5 Å². The Morgan fingerprint density at radius 1 is 1.35 bits per heavy atom. The van der Waals surface area contributed by atoms with Crippen molar-refractivity contribution < 1.29 is 9.59 Å². The molecule has 0 spiro atoms. The summed E-state index contributed by atoms with van der Waals surface area (Å²) in [6.07, 6.45) is 0.810. The molecule has 0 aliphatic heterocycles. The standard InChI is InChI=1S/C10H23N5O2/c1-3-13-10(17)7-15(2)14-9(16)6-8(12)4-5-11/h8H,3-7,11-12H2,1-2H3,(H,13,17)(H,14,16)/t8-/m0/s1. The molecule has 100 valence electrons. The van der Waals surface area contributed by atoms with E-state index in [1.165, 1.54) is 5.01 Å². The molecule has 0 aromatic carbocycles. The lowest BCUT2D eigenvalue weighted by Gasteiger charge is -2.18. The van der Waals surface area contributed by atoms with Crippen LogP contribution in [0.5, 0.6) is 0 Å². The van der Waals surface area contributed by atoms with Gasteiger partial charge in [0.15, 0.2) is 0 Å². The monoisotopic (exact) mass is 245 g/mol. The predicted molar refractivity (Wildman–Crippen MR) is 65.7 cm³/mol. The molecular formula is C10H23N5O2. The molecular weight excluding hydrogens is 222 g/mol. The number of rotatable bonds is 8. The Balaban J connectivity index is 3.83. The Labute approximate surface area is 102 Å². The maximum absolute atomic E-state index is 11.5. The molecule has 17 heavy (non-hydrogen) atoms. The SMILES string of the molecule is CCNC(=O)CN(C)NC(=O)C[C@@H](N)CCN. The number of nitrogens with zero attached hydrogens (tertiary/aromatic N) is 1. The molecule has 0 unspecified atom stereocenters. The highest BCUT2D eigenvalue weighted by atomic mass is 16.2. The summed E-state index contributed by atoms with van der Waals surface area (Å²) in [5.41, 5.74) is 13.6. The van der Waals surface area contributed by atoms with Gasteiger partial charge in [0.25, 0.3) is 0 Å². The Kier molecular flexibility index (Phi) is 8.29. The molecule has 0 heterocycles. The molecule has 7 nitrogen and oxygen atoms in total. The molecule has 0 saturated heterocycles. The summed E-state index contributed by atoms with van der Waals surface area (Å²) < 4.78 is 0. The van der Waals surface area contributed by atoms with Crippen LogP contribution in [0.25, 0.3) is 0 Å². The quantitative estimate of drug-likeness (QED) is 0.375. The zero-order valence-electron chi connectivity index (χ0n) is 10.5. The first-order valence-corrected chi connectivity index (χ1v) is 5.72. The molecule has 0 bridgehead atoms. The molecule has 6 N–H and O–H groups in total. The lowest BCUT2D eigenvalue weighted by atomic mass is 10.1. The number of carbonyl (C=O) groups excluding carboxylic acids is 2. The number of hydrogen-bond donors (Lipinski definition) is 4. The minimum atomic E-state index is -0.238. The highest BCUT2D eigenvalue weighted by Crippen LogP contribution is 1.93. The van der Waals surface area contributed by atoms with Crippen molar-refractivity contribution in [3.05, 3.63) is 0 Å². The Morgan fingerprint density at radius 3 is 2.53 bits per heavy atom. The first-order valence-electron chi connectivity index (χ1n) is 5.72. The van der Waals surface area contributed by atoms with Gasteiger partial charge in [-0.3, -0.25) is 15.0 Å². The van der Waals surface area contributed by atoms with Gasteiger partial charge in [0.05, 0.1) is 6.54 Å². The summed E-state index contributed by atoms with van der Waals surface area (Å²) in [7, 11) is 1.63. The van der Waals surface area contributed by atoms with Crippen LogP contribution in [0.3, 0.4) is 0 Å². The summed E-state index contributed by atoms with van der Waals surface area (Å²) in [5.74, 6) is -0.348. The summed E-state index contributed by atoms with van der Waals surface area (Å²) in [5, 5.41) is 4.07. The van der Waals surface area contributed by atoms with E-state index in [1.807, 2.05) is 6.92 Å². The predicted octanol–water partition coefficient (Wildman–Crippen LogP) is -1.85. The maximum Gasteiger partial charge on any atom is 0.236 e. The number of likely N-dealkylation sites (N-methyl/N-ethyl adjacent to an activating group) is 2. The van der Waals surface area contributed by atoms with Crippen molar-refractivity contribution in [1.29, 1.82) is 0 Å². The van der Waals surface area contributed by atoms with Crippen LogP contribution in [0.15, 0.2) is 0 Å². The van der Waals surface area contributed by atoms with Crippen molar-refractivity contribution >= 4 is 11.8 Å². The topological polar surface area (TPSA) is 113 Å². The van der Waals surface area contributed by atoms with Crippen molar-refractivity contribution in [2.45, 2.75) is 25.8 Å². The normalized spacial score (nSPS) is 12.3. The second-order valence-corrected chi connectivity index (χ2v) is 3.89. The molecule has 0 fully saturated rings. The largest absolute Gasteiger partial charge is 0.355 e.